The number of hydrogen-bond acceptors (Lipinski definition) is 3. The Morgan fingerprint density at radius 3 is 2.05 bits per heavy atom. The first-order chi connectivity index (χ1) is 19.2. The van der Waals surface area contributed by atoms with Gasteiger partial charge in [-0.1, -0.05) is 51.8 Å². The van der Waals surface area contributed by atoms with E-state index in [0.717, 1.165) is 10.5 Å². The lowest BCUT2D eigenvalue weighted by Crippen LogP contribution is -2.38. The highest BCUT2D eigenvalue weighted by Crippen LogP contribution is 2.36. The number of nitrogens with zero attached hydrogens (tertiary/aromatic N) is 2. The zero-order valence-electron chi connectivity index (χ0n) is 22.9. The average molecular weight is 584 g/mol. The predicted octanol–water partition coefficient (Wildman–Crippen LogP) is 6.84. The lowest BCUT2D eigenvalue weighted by atomic mass is 10.0. The van der Waals surface area contributed by atoms with Crippen LogP contribution < -0.4 is 5.56 Å². The van der Waals surface area contributed by atoms with Gasteiger partial charge in [0.2, 0.25) is 0 Å². The van der Waals surface area contributed by atoms with Crippen molar-refractivity contribution in [2.45, 2.75) is 65.2 Å². The summed E-state index contributed by atoms with van der Waals surface area (Å²) in [6.45, 7) is 4.70. The minimum absolute atomic E-state index is 0.0637. The molecule has 6 nitrogen and oxygen atoms in total. The van der Waals surface area contributed by atoms with Crippen molar-refractivity contribution < 1.29 is 35.9 Å². The third kappa shape index (κ3) is 7.28. The minimum atomic E-state index is -5.14. The summed E-state index contributed by atoms with van der Waals surface area (Å²) in [5.74, 6) is -1.94. The molecule has 0 radical (unpaired) electrons. The summed E-state index contributed by atoms with van der Waals surface area (Å²) < 4.78 is 81.7. The number of Topliss-reactive ketones (excluding diaryl/α,β-unsaturated/α-hetero) is 1. The van der Waals surface area contributed by atoms with Crippen LogP contribution in [0.15, 0.2) is 47.3 Å². The highest BCUT2D eigenvalue weighted by molar-refractivity contribution is 6.02. The van der Waals surface area contributed by atoms with Crippen molar-refractivity contribution in [1.29, 1.82) is 0 Å². The number of hydrogen-bond donors (Lipinski definition) is 1. The lowest BCUT2D eigenvalue weighted by molar-refractivity contribution is -0.143. The quantitative estimate of drug-likeness (QED) is 0.198. The normalized spacial score (nSPS) is 12.0. The fourth-order valence-corrected chi connectivity index (χ4v) is 4.51. The number of alkyl halides is 6. The summed E-state index contributed by atoms with van der Waals surface area (Å²) in [5.41, 5.74) is -3.27. The molecule has 0 aliphatic heterocycles. The molecule has 222 valence electrons. The lowest BCUT2D eigenvalue weighted by Gasteiger charge is -2.23. The van der Waals surface area contributed by atoms with E-state index in [9.17, 15) is 40.7 Å². The van der Waals surface area contributed by atoms with Crippen molar-refractivity contribution in [3.05, 3.63) is 86.3 Å². The third-order valence-corrected chi connectivity index (χ3v) is 6.60. The smallest absolute Gasteiger partial charge is 0.331 e. The number of aromatic nitrogens is 2. The van der Waals surface area contributed by atoms with Gasteiger partial charge in [0.1, 0.15) is 5.56 Å². The Labute approximate surface area is 232 Å². The number of carbonyl (C=O) groups is 2. The Morgan fingerprint density at radius 1 is 0.902 bits per heavy atom. The van der Waals surface area contributed by atoms with Gasteiger partial charge in [0, 0.05) is 17.8 Å². The molecule has 3 rings (SSSR count). The average Bonchev–Trinajstić information content (AvgIpc) is 3.24. The molecule has 0 bridgehead atoms. The van der Waals surface area contributed by atoms with Gasteiger partial charge in [-0.3, -0.25) is 19.5 Å². The fourth-order valence-electron chi connectivity index (χ4n) is 4.51. The van der Waals surface area contributed by atoms with Gasteiger partial charge in [0.15, 0.2) is 5.78 Å². The number of amides is 1. The molecule has 41 heavy (non-hydrogen) atoms. The molecule has 0 atom stereocenters. The van der Waals surface area contributed by atoms with Gasteiger partial charge in [-0.05, 0) is 49.1 Å². The number of rotatable bonds is 11. The molecule has 0 unspecified atom stereocenters. The maximum Gasteiger partial charge on any atom is 0.416 e. The zero-order chi connectivity index (χ0) is 30.5. The molecule has 0 spiro atoms. The first-order valence-corrected chi connectivity index (χ1v) is 13.3. The molecule has 0 aliphatic carbocycles. The van der Waals surface area contributed by atoms with Crippen LogP contribution in [-0.4, -0.2) is 39.5 Å². The van der Waals surface area contributed by atoms with Gasteiger partial charge in [-0.25, -0.2) is 4.68 Å². The van der Waals surface area contributed by atoms with Crippen molar-refractivity contribution in [3.8, 4) is 5.69 Å². The SMILES string of the molecule is CCCCN(CC(=O)c1c(CCC)[nH]n(-c2ccccc2CC)c1=O)C(=O)c1cc(C(F)(F)F)cc(C(F)(F)F)c1. The van der Waals surface area contributed by atoms with E-state index >= 15 is 0 Å². The maximum absolute atomic E-state index is 13.5. The van der Waals surface area contributed by atoms with Gasteiger partial charge < -0.3 is 4.90 Å². The minimum Gasteiger partial charge on any atom is -0.331 e. The van der Waals surface area contributed by atoms with Crippen LogP contribution in [-0.2, 0) is 25.2 Å². The van der Waals surface area contributed by atoms with Crippen LogP contribution in [0.4, 0.5) is 26.3 Å². The number of carbonyl (C=O) groups excluding carboxylic acids is 2. The fraction of sp³-hybridized carbons (Fsp3) is 0.414. The molecule has 1 N–H and O–H groups in total. The first kappa shape index (κ1) is 31.7. The van der Waals surface area contributed by atoms with Crippen LogP contribution in [0.5, 0.6) is 0 Å². The van der Waals surface area contributed by atoms with E-state index in [1.807, 2.05) is 26.0 Å². The molecule has 0 saturated carbocycles. The third-order valence-electron chi connectivity index (χ3n) is 6.60. The van der Waals surface area contributed by atoms with Gasteiger partial charge >= 0.3 is 12.4 Å². The molecular formula is C29H31F6N3O3. The van der Waals surface area contributed by atoms with E-state index in [4.69, 9.17) is 0 Å². The van der Waals surface area contributed by atoms with Crippen LogP contribution in [0, 0.1) is 0 Å². The van der Waals surface area contributed by atoms with Crippen LogP contribution in [0.2, 0.25) is 0 Å². The summed E-state index contributed by atoms with van der Waals surface area (Å²) >= 11 is 0. The van der Waals surface area contributed by atoms with Gasteiger partial charge in [-0.2, -0.15) is 26.3 Å². The summed E-state index contributed by atoms with van der Waals surface area (Å²) in [6.07, 6.45) is -7.93. The maximum atomic E-state index is 13.5. The number of H-pyrrole nitrogens is 1. The summed E-state index contributed by atoms with van der Waals surface area (Å²) in [7, 11) is 0. The highest BCUT2D eigenvalue weighted by atomic mass is 19.4. The predicted molar refractivity (Wildman–Crippen MR) is 141 cm³/mol. The van der Waals surface area contributed by atoms with E-state index in [1.54, 1.807) is 19.1 Å². The topological polar surface area (TPSA) is 75.2 Å². The standard InChI is InChI=1S/C29H31F6N3O3/c1-4-7-13-37(26(40)19-14-20(28(30,31)32)16-21(15-19)29(33,34)35)17-24(39)25-22(10-5-2)36-38(27(25)41)23-12-9-8-11-18(23)6-3/h8-9,11-12,14-16,36H,4-7,10,13,17H2,1-3H3. The second kappa shape index (κ2) is 12.8. The molecule has 0 aliphatic rings. The second-order valence-electron chi connectivity index (χ2n) is 9.64. The van der Waals surface area contributed by atoms with Gasteiger partial charge in [0.05, 0.1) is 23.4 Å². The number of nitrogens with one attached hydrogen (secondary N) is 1. The number of benzene rings is 2. The van der Waals surface area contributed by atoms with Crippen molar-refractivity contribution in [2.75, 3.05) is 13.1 Å². The van der Waals surface area contributed by atoms with E-state index in [2.05, 4.69) is 5.10 Å². The monoisotopic (exact) mass is 583 g/mol. The van der Waals surface area contributed by atoms with Crippen LogP contribution >= 0.6 is 0 Å². The number of aryl methyl sites for hydroxylation is 2. The van der Waals surface area contributed by atoms with Crippen molar-refractivity contribution in [2.24, 2.45) is 0 Å². The number of para-hydroxylation sites is 1. The molecule has 1 heterocycles. The number of unbranched alkanes of at least 4 members (excludes halogenated alkanes) is 1. The largest absolute Gasteiger partial charge is 0.416 e. The molecule has 1 aromatic heterocycles. The number of aromatic amines is 1. The Bertz CT molecular complexity index is 1420. The molecule has 0 fully saturated rings. The molecule has 1 amide bonds. The van der Waals surface area contributed by atoms with Crippen molar-refractivity contribution in [3.63, 3.8) is 0 Å². The summed E-state index contributed by atoms with van der Waals surface area (Å²) in [5, 5.41) is 2.98. The molecule has 2 aromatic carbocycles. The van der Waals surface area contributed by atoms with Gasteiger partial charge in [0.25, 0.3) is 11.5 Å². The number of halogens is 6. The van der Waals surface area contributed by atoms with E-state index < -0.39 is 52.8 Å². The highest BCUT2D eigenvalue weighted by Gasteiger charge is 2.38. The molecular weight excluding hydrogens is 552 g/mol. The molecule has 0 saturated heterocycles. The zero-order valence-corrected chi connectivity index (χ0v) is 22.9. The van der Waals surface area contributed by atoms with Gasteiger partial charge in [-0.15, -0.1) is 0 Å². The summed E-state index contributed by atoms with van der Waals surface area (Å²) in [4.78, 5) is 41.2. The van der Waals surface area contributed by atoms with Crippen LogP contribution in [0.1, 0.15) is 83.1 Å². The van der Waals surface area contributed by atoms with E-state index in [1.165, 1.54) is 4.68 Å². The molecule has 12 heteroatoms. The van der Waals surface area contributed by atoms with Crippen LogP contribution in [0.25, 0.3) is 5.69 Å². The van der Waals surface area contributed by atoms with Crippen molar-refractivity contribution in [1.82, 2.24) is 14.7 Å². The Hall–Kier alpha value is -3.83. The Kier molecular flexibility index (Phi) is 9.88. The Morgan fingerprint density at radius 2 is 1.51 bits per heavy atom. The Balaban J connectivity index is 2.06. The first-order valence-electron chi connectivity index (χ1n) is 13.3. The molecule has 3 aromatic rings. The summed E-state index contributed by atoms with van der Waals surface area (Å²) in [6, 6.07) is 7.71. The number of ketones is 1. The van der Waals surface area contributed by atoms with E-state index in [-0.39, 0.29) is 18.2 Å². The van der Waals surface area contributed by atoms with E-state index in [0.29, 0.717) is 55.6 Å². The van der Waals surface area contributed by atoms with Crippen LogP contribution in [0.3, 0.4) is 0 Å². The van der Waals surface area contributed by atoms with Crippen molar-refractivity contribution >= 4 is 11.7 Å². The second-order valence-corrected chi connectivity index (χ2v) is 9.64.